The number of rotatable bonds is 15. The first kappa shape index (κ1) is 37.3. The molecule has 7 rings (SSSR count). The van der Waals surface area contributed by atoms with Crippen molar-refractivity contribution in [2.45, 2.75) is 82.6 Å². The topological polar surface area (TPSA) is 54.0 Å². The first-order chi connectivity index (χ1) is 26.1. The molecule has 5 aromatic carbocycles. The highest BCUT2D eigenvalue weighted by molar-refractivity contribution is 7.58. The Morgan fingerprint density at radius 3 is 1.51 bits per heavy atom. The summed E-state index contributed by atoms with van der Waals surface area (Å²) in [6.07, 6.45) is 8.98. The zero-order chi connectivity index (χ0) is 36.6. The lowest BCUT2D eigenvalue weighted by Gasteiger charge is -2.30. The van der Waals surface area contributed by atoms with Crippen molar-refractivity contribution in [1.29, 1.82) is 0 Å². The highest BCUT2D eigenvalue weighted by Crippen LogP contribution is 2.71. The van der Waals surface area contributed by atoms with E-state index in [4.69, 9.17) is 22.4 Å². The molecule has 2 heterocycles. The van der Waals surface area contributed by atoms with Crippen molar-refractivity contribution in [3.05, 3.63) is 143 Å². The predicted molar refractivity (Wildman–Crippen MR) is 222 cm³/mol. The van der Waals surface area contributed by atoms with Crippen molar-refractivity contribution >= 4 is 38.1 Å². The molecule has 3 atom stereocenters. The summed E-state index contributed by atoms with van der Waals surface area (Å²) in [5.74, 6) is 1.61. The molecule has 0 spiro atoms. The number of hydrogen-bond acceptors (Lipinski definition) is 5. The molecule has 0 radical (unpaired) electrons. The van der Waals surface area contributed by atoms with Crippen LogP contribution < -0.4 is 14.0 Å². The number of ether oxygens (including phenoxy) is 2. The minimum absolute atomic E-state index is 0.219. The summed E-state index contributed by atoms with van der Waals surface area (Å²) in [5, 5.41) is 1.92. The molecule has 0 bridgehead atoms. The molecule has 0 amide bonds. The summed E-state index contributed by atoms with van der Waals surface area (Å²) >= 11 is 0. The second-order valence-electron chi connectivity index (χ2n) is 14.1. The fourth-order valence-electron chi connectivity index (χ4n) is 7.84. The lowest BCUT2D eigenvalue weighted by molar-refractivity contribution is 0.288. The SMILES string of the molecule is CCCCc1cc(OC)cc2c1op(O[C@@H](CP1[C@@H](c3ccccc3)CC[C@@H]1c1ccccc1)c1ccccc1)oc1c(CCCC)cc(OC)cc12. The number of hydrogen-bond donors (Lipinski definition) is 0. The van der Waals surface area contributed by atoms with Gasteiger partial charge in [0.15, 0.2) is 0 Å². The van der Waals surface area contributed by atoms with Gasteiger partial charge in [-0.15, -0.1) is 0 Å². The second-order valence-corrected chi connectivity index (χ2v) is 17.7. The smallest absolute Gasteiger partial charge is 0.388 e. The molecule has 1 saturated heterocycles. The van der Waals surface area contributed by atoms with Crippen molar-refractivity contribution in [3.63, 3.8) is 0 Å². The van der Waals surface area contributed by atoms with Crippen molar-refractivity contribution < 1.29 is 22.4 Å². The molecule has 0 saturated carbocycles. The van der Waals surface area contributed by atoms with Crippen molar-refractivity contribution in [1.82, 2.24) is 0 Å². The van der Waals surface area contributed by atoms with E-state index in [2.05, 4.69) is 129 Å². The molecule has 6 aromatic rings. The molecule has 276 valence electrons. The molecule has 1 aromatic heterocycles. The zero-order valence-electron chi connectivity index (χ0n) is 31.5. The largest absolute Gasteiger partial charge is 0.497 e. The van der Waals surface area contributed by atoms with E-state index in [-0.39, 0.29) is 6.10 Å². The summed E-state index contributed by atoms with van der Waals surface area (Å²) in [6.45, 7) is 4.44. The molecule has 1 aliphatic heterocycles. The Morgan fingerprint density at radius 2 is 1.08 bits per heavy atom. The maximum Gasteiger partial charge on any atom is 0.388 e. The third kappa shape index (κ3) is 8.54. The molecule has 53 heavy (non-hydrogen) atoms. The number of fused-ring (bicyclic) bond motifs is 3. The molecule has 0 N–H and O–H groups in total. The summed E-state index contributed by atoms with van der Waals surface area (Å²) in [4.78, 5) is 0. The summed E-state index contributed by atoms with van der Waals surface area (Å²) in [7, 11) is 1.08. The lowest BCUT2D eigenvalue weighted by atomic mass is 10.00. The van der Waals surface area contributed by atoms with Crippen LogP contribution in [0, 0.1) is 0 Å². The molecule has 0 aliphatic carbocycles. The summed E-state index contributed by atoms with van der Waals surface area (Å²) < 4.78 is 33.2. The fourth-order valence-corrected chi connectivity index (χ4v) is 12.9. The molecule has 0 unspecified atom stereocenters. The molecular weight excluding hydrogens is 694 g/mol. The third-order valence-electron chi connectivity index (χ3n) is 10.6. The Kier molecular flexibility index (Phi) is 12.6. The zero-order valence-corrected chi connectivity index (χ0v) is 33.3. The van der Waals surface area contributed by atoms with Crippen LogP contribution in [0.4, 0.5) is 0 Å². The van der Waals surface area contributed by atoms with Gasteiger partial charge in [-0.2, -0.15) is 0 Å². The molecule has 7 heteroatoms. The second kappa shape index (κ2) is 17.9. The van der Waals surface area contributed by atoms with E-state index in [0.29, 0.717) is 11.3 Å². The van der Waals surface area contributed by atoms with Gasteiger partial charge in [-0.3, -0.25) is 4.52 Å². The number of aryl methyl sites for hydroxylation is 2. The van der Waals surface area contributed by atoms with Crippen LogP contribution in [-0.2, 0) is 12.8 Å². The van der Waals surface area contributed by atoms with E-state index in [1.807, 2.05) is 0 Å². The predicted octanol–water partition coefficient (Wildman–Crippen LogP) is 13.9. The Balaban J connectivity index is 1.41. The lowest BCUT2D eigenvalue weighted by Crippen LogP contribution is -2.12. The van der Waals surface area contributed by atoms with Gasteiger partial charge < -0.3 is 17.9 Å². The van der Waals surface area contributed by atoms with Gasteiger partial charge in [0, 0.05) is 28.3 Å². The molecule has 1 aliphatic rings. The van der Waals surface area contributed by atoms with Gasteiger partial charge in [0.2, 0.25) is 0 Å². The van der Waals surface area contributed by atoms with Gasteiger partial charge in [-0.25, -0.2) is 0 Å². The van der Waals surface area contributed by atoms with Crippen molar-refractivity contribution in [3.8, 4) is 11.5 Å². The average Bonchev–Trinajstić information content (AvgIpc) is 3.56. The standard InChI is InChI=1S/C46H52O5P2/c1-5-7-18-36-28-38(47-3)30-40-41-31-39(48-4)29-37(19-8-6-2)46(41)51-53(50-45(36)40)49-42(33-20-12-9-13-21-33)32-52-43(34-22-14-10-15-23-34)26-27-44(52)35-24-16-11-17-25-35/h9-17,20-25,28-31,42-44H,5-8,18-19,26-27,32H2,1-4H3/t42-,43+,44+/m0/s1. The van der Waals surface area contributed by atoms with E-state index < -0.39 is 16.2 Å². The maximum atomic E-state index is 7.31. The number of methoxy groups -OCH3 is 2. The van der Waals surface area contributed by atoms with E-state index in [1.165, 1.54) is 24.0 Å². The number of benzene rings is 5. The maximum absolute atomic E-state index is 7.31. The monoisotopic (exact) mass is 746 g/mol. The fraction of sp³-hybridized carbons (Fsp3) is 0.348. The highest BCUT2D eigenvalue weighted by atomic mass is 31.1. The summed E-state index contributed by atoms with van der Waals surface area (Å²) in [5.41, 5.74) is 8.85. The normalized spacial score (nSPS) is 16.6. The Morgan fingerprint density at radius 1 is 0.623 bits per heavy atom. The third-order valence-corrected chi connectivity index (χ3v) is 15.2. The van der Waals surface area contributed by atoms with E-state index in [0.717, 1.165) is 94.8 Å². The van der Waals surface area contributed by atoms with Crippen molar-refractivity contribution in [2.24, 2.45) is 0 Å². The van der Waals surface area contributed by atoms with Crippen LogP contribution in [0.2, 0.25) is 0 Å². The van der Waals surface area contributed by atoms with E-state index in [1.54, 1.807) is 14.2 Å². The quantitative estimate of drug-likeness (QED) is 0.0980. The molecular formula is C46H52O5P2. The Bertz CT molecular complexity index is 1990. The van der Waals surface area contributed by atoms with E-state index in [9.17, 15) is 0 Å². The van der Waals surface area contributed by atoms with Crippen molar-refractivity contribution in [2.75, 3.05) is 20.4 Å². The first-order valence-electron chi connectivity index (χ1n) is 19.3. The average molecular weight is 747 g/mol. The van der Waals surface area contributed by atoms with Crippen LogP contribution in [0.25, 0.3) is 21.9 Å². The van der Waals surface area contributed by atoms with Gasteiger partial charge in [0.1, 0.15) is 28.8 Å². The van der Waals surface area contributed by atoms with Gasteiger partial charge in [0.05, 0.1) is 14.2 Å². The van der Waals surface area contributed by atoms with Crippen LogP contribution in [0.15, 0.2) is 124 Å². The van der Waals surface area contributed by atoms with Crippen LogP contribution >= 0.6 is 16.2 Å². The van der Waals surface area contributed by atoms with E-state index >= 15 is 0 Å². The summed E-state index contributed by atoms with van der Waals surface area (Å²) in [6, 6.07) is 41.4. The van der Waals surface area contributed by atoms with Crippen LogP contribution in [0.3, 0.4) is 0 Å². The van der Waals surface area contributed by atoms with Gasteiger partial charge >= 0.3 is 8.24 Å². The van der Waals surface area contributed by atoms with Gasteiger partial charge in [-0.1, -0.05) is 126 Å². The number of unbranched alkanes of at least 4 members (excludes halogenated alkanes) is 2. The van der Waals surface area contributed by atoms with Gasteiger partial charge in [-0.05, 0) is 90.6 Å². The van der Waals surface area contributed by atoms with Crippen LogP contribution in [0.1, 0.15) is 97.6 Å². The highest BCUT2D eigenvalue weighted by Gasteiger charge is 2.39. The minimum atomic E-state index is -1.85. The minimum Gasteiger partial charge on any atom is -0.497 e. The van der Waals surface area contributed by atoms with Crippen LogP contribution in [0.5, 0.6) is 11.5 Å². The first-order valence-corrected chi connectivity index (χ1v) is 22.0. The van der Waals surface area contributed by atoms with Crippen LogP contribution in [-0.4, -0.2) is 20.4 Å². The molecule has 1 fully saturated rings. The Hall–Kier alpha value is -4.01. The Labute approximate surface area is 317 Å². The molecule has 5 nitrogen and oxygen atoms in total. The van der Waals surface area contributed by atoms with Gasteiger partial charge in [0.25, 0.3) is 0 Å².